The summed E-state index contributed by atoms with van der Waals surface area (Å²) in [6.45, 7) is 0. The Morgan fingerprint density at radius 2 is 1.10 bits per heavy atom. The fraction of sp³-hybridized carbons (Fsp3) is 0.229. The van der Waals surface area contributed by atoms with Gasteiger partial charge in [0.2, 0.25) is 17.7 Å². The number of carboxylic acid groups (broad SMARTS) is 2. The molecule has 248 valence electrons. The molecule has 4 unspecified atom stereocenters. The van der Waals surface area contributed by atoms with Gasteiger partial charge in [0.05, 0.1) is 12.5 Å². The molecule has 13 heteroatoms. The van der Waals surface area contributed by atoms with Crippen molar-refractivity contribution < 1.29 is 34.2 Å². The molecule has 5 aromatic rings. The van der Waals surface area contributed by atoms with Crippen LogP contribution in [0.4, 0.5) is 0 Å². The molecule has 0 bridgehead atoms. The molecule has 9 N–H and O–H groups in total. The number of para-hydroxylation sites is 2. The van der Waals surface area contributed by atoms with E-state index in [2.05, 4.69) is 25.9 Å². The van der Waals surface area contributed by atoms with Crippen LogP contribution in [0.2, 0.25) is 0 Å². The van der Waals surface area contributed by atoms with Gasteiger partial charge in [-0.1, -0.05) is 66.7 Å². The van der Waals surface area contributed by atoms with Crippen LogP contribution in [0, 0.1) is 0 Å². The summed E-state index contributed by atoms with van der Waals surface area (Å²) in [5.41, 5.74) is 9.95. The number of aliphatic carboxylic acids is 2. The number of hydrogen-bond donors (Lipinski definition) is 8. The molecule has 0 aliphatic heterocycles. The highest BCUT2D eigenvalue weighted by molar-refractivity contribution is 5.96. The van der Waals surface area contributed by atoms with Crippen LogP contribution >= 0.6 is 0 Å². The Morgan fingerprint density at radius 3 is 1.69 bits per heavy atom. The average Bonchev–Trinajstić information content (AvgIpc) is 3.67. The third-order valence-corrected chi connectivity index (χ3v) is 8.09. The highest BCUT2D eigenvalue weighted by atomic mass is 16.4. The third kappa shape index (κ3) is 8.25. The van der Waals surface area contributed by atoms with Gasteiger partial charge >= 0.3 is 11.9 Å². The van der Waals surface area contributed by atoms with Crippen molar-refractivity contribution in [1.82, 2.24) is 25.9 Å². The Balaban J connectivity index is 1.31. The molecule has 2 heterocycles. The quantitative estimate of drug-likeness (QED) is 0.0834. The zero-order valence-electron chi connectivity index (χ0n) is 25.8. The number of H-pyrrole nitrogens is 2. The van der Waals surface area contributed by atoms with Gasteiger partial charge in [-0.25, -0.2) is 4.79 Å². The highest BCUT2D eigenvalue weighted by Crippen LogP contribution is 2.20. The number of benzene rings is 3. The van der Waals surface area contributed by atoms with E-state index in [4.69, 9.17) is 5.73 Å². The Bertz CT molecular complexity index is 1940. The number of carboxylic acids is 2. The normalized spacial score (nSPS) is 13.7. The molecule has 0 saturated carbocycles. The van der Waals surface area contributed by atoms with Crippen molar-refractivity contribution >= 4 is 51.5 Å². The summed E-state index contributed by atoms with van der Waals surface area (Å²) < 4.78 is 0. The second-order valence-corrected chi connectivity index (χ2v) is 11.5. The molecule has 4 atom stereocenters. The summed E-state index contributed by atoms with van der Waals surface area (Å²) in [6, 6.07) is 18.2. The van der Waals surface area contributed by atoms with Gasteiger partial charge in [0, 0.05) is 47.0 Å². The number of nitrogens with one attached hydrogen (secondary N) is 5. The maximum absolute atomic E-state index is 13.6. The van der Waals surface area contributed by atoms with Crippen LogP contribution in [0.25, 0.3) is 21.8 Å². The fourth-order valence-corrected chi connectivity index (χ4v) is 5.62. The minimum atomic E-state index is -1.57. The van der Waals surface area contributed by atoms with E-state index in [1.165, 1.54) is 0 Å². The zero-order chi connectivity index (χ0) is 34.2. The lowest BCUT2D eigenvalue weighted by Crippen LogP contribution is -2.58. The number of nitrogens with two attached hydrogens (primary N) is 1. The Kier molecular flexibility index (Phi) is 10.5. The first-order valence-corrected chi connectivity index (χ1v) is 15.3. The lowest BCUT2D eigenvalue weighted by atomic mass is 10.0. The SMILES string of the molecule is NC(Cc1c[nH]c2ccccc12)C(=O)NC(CC(=O)O)C(=O)NC(Cc1ccccc1)C(=O)NC(Cc1c[nH]c2ccccc12)C(=O)O. The number of hydrogen-bond acceptors (Lipinski definition) is 6. The number of carbonyl (C=O) groups is 5. The summed E-state index contributed by atoms with van der Waals surface area (Å²) in [6.07, 6.45) is 2.67. The van der Waals surface area contributed by atoms with Gasteiger partial charge in [-0.05, 0) is 35.2 Å². The second-order valence-electron chi connectivity index (χ2n) is 11.5. The number of aromatic amines is 2. The third-order valence-electron chi connectivity index (χ3n) is 8.09. The van der Waals surface area contributed by atoms with Crippen molar-refractivity contribution in [1.29, 1.82) is 0 Å². The standard InChI is InChI=1S/C35H36N6O7/c36-25(15-21-18-37-26-12-6-4-10-23(21)26)32(44)39-29(17-31(42)43)34(46)40-28(14-20-8-2-1-3-9-20)33(45)41-30(35(47)48)16-22-19-38-27-13-7-5-11-24(22)27/h1-13,18-19,25,28-30,37-38H,14-17,36H2,(H,39,44)(H,40,46)(H,41,45)(H,42,43)(H,47,48). The molecule has 0 saturated heterocycles. The van der Waals surface area contributed by atoms with Gasteiger partial charge in [0.25, 0.3) is 0 Å². The van der Waals surface area contributed by atoms with Crippen molar-refractivity contribution in [2.45, 2.75) is 49.9 Å². The van der Waals surface area contributed by atoms with Gasteiger partial charge in [0.1, 0.15) is 18.1 Å². The molecule has 0 spiro atoms. The zero-order valence-corrected chi connectivity index (χ0v) is 25.8. The smallest absolute Gasteiger partial charge is 0.326 e. The monoisotopic (exact) mass is 652 g/mol. The molecular formula is C35H36N6O7. The number of fused-ring (bicyclic) bond motifs is 2. The summed E-state index contributed by atoms with van der Waals surface area (Å²) in [5.74, 6) is -5.14. The first-order chi connectivity index (χ1) is 23.1. The number of carbonyl (C=O) groups excluding carboxylic acids is 3. The molecule has 0 radical (unpaired) electrons. The number of rotatable bonds is 15. The van der Waals surface area contributed by atoms with E-state index in [-0.39, 0.29) is 19.3 Å². The van der Waals surface area contributed by atoms with Gasteiger partial charge in [-0.15, -0.1) is 0 Å². The Labute approximate surface area is 274 Å². The lowest BCUT2D eigenvalue weighted by molar-refractivity contribution is -0.143. The van der Waals surface area contributed by atoms with Crippen LogP contribution in [-0.2, 0) is 43.2 Å². The molecule has 5 rings (SSSR count). The largest absolute Gasteiger partial charge is 0.481 e. The summed E-state index contributed by atoms with van der Waals surface area (Å²) in [4.78, 5) is 70.4. The fourth-order valence-electron chi connectivity index (χ4n) is 5.62. The Morgan fingerprint density at radius 1 is 0.604 bits per heavy atom. The molecule has 0 aliphatic rings. The predicted octanol–water partition coefficient (Wildman–Crippen LogP) is 2.02. The molecule has 3 aromatic carbocycles. The minimum Gasteiger partial charge on any atom is -0.481 e. The van der Waals surface area contributed by atoms with E-state index < -0.39 is 60.2 Å². The summed E-state index contributed by atoms with van der Waals surface area (Å²) in [5, 5.41) is 28.7. The predicted molar refractivity (Wildman–Crippen MR) is 178 cm³/mol. The minimum absolute atomic E-state index is 0.0361. The van der Waals surface area contributed by atoms with E-state index in [0.717, 1.165) is 27.4 Å². The van der Waals surface area contributed by atoms with E-state index in [1.54, 1.807) is 42.7 Å². The number of aromatic nitrogens is 2. The first kappa shape index (κ1) is 33.4. The molecular weight excluding hydrogens is 616 g/mol. The molecule has 48 heavy (non-hydrogen) atoms. The molecule has 0 fully saturated rings. The molecule has 0 aliphatic carbocycles. The van der Waals surface area contributed by atoms with Crippen molar-refractivity contribution in [2.24, 2.45) is 5.73 Å². The Hall–Kier alpha value is -5.95. The van der Waals surface area contributed by atoms with Crippen LogP contribution in [0.3, 0.4) is 0 Å². The maximum atomic E-state index is 13.6. The summed E-state index contributed by atoms with van der Waals surface area (Å²) in [7, 11) is 0. The molecule has 3 amide bonds. The van der Waals surface area contributed by atoms with Crippen LogP contribution < -0.4 is 21.7 Å². The van der Waals surface area contributed by atoms with E-state index in [0.29, 0.717) is 11.1 Å². The first-order valence-electron chi connectivity index (χ1n) is 15.3. The van der Waals surface area contributed by atoms with E-state index in [9.17, 15) is 34.2 Å². The highest BCUT2D eigenvalue weighted by Gasteiger charge is 2.32. The average molecular weight is 653 g/mol. The molecule has 2 aromatic heterocycles. The maximum Gasteiger partial charge on any atom is 0.326 e. The summed E-state index contributed by atoms with van der Waals surface area (Å²) >= 11 is 0. The van der Waals surface area contributed by atoms with Gasteiger partial charge in [-0.3, -0.25) is 19.2 Å². The van der Waals surface area contributed by atoms with Crippen molar-refractivity contribution in [3.05, 3.63) is 108 Å². The van der Waals surface area contributed by atoms with E-state index in [1.807, 2.05) is 48.5 Å². The van der Waals surface area contributed by atoms with Crippen molar-refractivity contribution in [3.63, 3.8) is 0 Å². The second kappa shape index (κ2) is 15.1. The van der Waals surface area contributed by atoms with Crippen LogP contribution in [0.15, 0.2) is 91.3 Å². The van der Waals surface area contributed by atoms with Crippen LogP contribution in [0.1, 0.15) is 23.1 Å². The molecule has 13 nitrogen and oxygen atoms in total. The van der Waals surface area contributed by atoms with Gasteiger partial charge in [-0.2, -0.15) is 0 Å². The van der Waals surface area contributed by atoms with Crippen LogP contribution in [0.5, 0.6) is 0 Å². The van der Waals surface area contributed by atoms with E-state index >= 15 is 0 Å². The van der Waals surface area contributed by atoms with Crippen LogP contribution in [-0.4, -0.2) is 74.0 Å². The van der Waals surface area contributed by atoms with Gasteiger partial charge in [0.15, 0.2) is 0 Å². The topological polar surface area (TPSA) is 219 Å². The lowest BCUT2D eigenvalue weighted by Gasteiger charge is -2.25. The number of amides is 3. The van der Waals surface area contributed by atoms with Crippen molar-refractivity contribution in [3.8, 4) is 0 Å². The van der Waals surface area contributed by atoms with Crippen molar-refractivity contribution in [2.75, 3.05) is 0 Å². The van der Waals surface area contributed by atoms with Gasteiger partial charge < -0.3 is 41.9 Å².